The molecule has 4 aromatic rings. The molecule has 0 aliphatic heterocycles. The Hall–Kier alpha value is -4.14. The number of aliphatic hydroxyl groups excluding tert-OH is 1. The topological polar surface area (TPSA) is 178 Å². The van der Waals surface area contributed by atoms with Crippen LogP contribution in [0.1, 0.15) is 5.56 Å². The molecular weight excluding hydrogens is 442 g/mol. The number of aliphatic hydroxyl groups is 1. The molecule has 0 spiro atoms. The largest absolute Gasteiger partial charge is 0.392 e. The summed E-state index contributed by atoms with van der Waals surface area (Å²) in [5.41, 5.74) is 0.599. The van der Waals surface area contributed by atoms with Gasteiger partial charge in [-0.25, -0.2) is 0 Å². The van der Waals surface area contributed by atoms with Crippen molar-refractivity contribution in [2.24, 2.45) is 0 Å². The van der Waals surface area contributed by atoms with E-state index < -0.39 is 26.5 Å². The quantitative estimate of drug-likeness (QED) is 0.181. The third-order valence-corrected chi connectivity index (χ3v) is 5.34. The summed E-state index contributed by atoms with van der Waals surface area (Å²) in [6, 6.07) is 11.0. The van der Waals surface area contributed by atoms with Crippen LogP contribution < -0.4 is 4.80 Å². The lowest BCUT2D eigenvalue weighted by Crippen LogP contribution is -2.44. The fourth-order valence-corrected chi connectivity index (χ4v) is 3.69. The van der Waals surface area contributed by atoms with Gasteiger partial charge in [-0.2, -0.15) is 18.6 Å². The van der Waals surface area contributed by atoms with E-state index >= 15 is 0 Å². The first-order chi connectivity index (χ1) is 15.3. The number of tetrazole rings is 1. The molecule has 0 aliphatic carbocycles. The normalized spacial score (nSPS) is 11.4. The van der Waals surface area contributed by atoms with E-state index in [2.05, 4.69) is 20.4 Å². The van der Waals surface area contributed by atoms with Gasteiger partial charge in [0.1, 0.15) is 4.90 Å². The van der Waals surface area contributed by atoms with Gasteiger partial charge < -0.3 is 5.11 Å². The number of aromatic nitrogens is 6. The number of hydrogen-bond acceptors (Lipinski definition) is 9. The van der Waals surface area contributed by atoms with Crippen molar-refractivity contribution in [1.82, 2.24) is 25.2 Å². The zero-order chi connectivity index (χ0) is 22.9. The number of hydrogen-bond donors (Lipinski definition) is 2. The highest BCUT2D eigenvalue weighted by Gasteiger charge is 2.29. The highest BCUT2D eigenvalue weighted by molar-refractivity contribution is 7.86. The van der Waals surface area contributed by atoms with Crippen LogP contribution in [0.25, 0.3) is 22.8 Å². The molecule has 4 rings (SSSR count). The highest BCUT2D eigenvalue weighted by atomic mass is 32.2. The second kappa shape index (κ2) is 8.18. The van der Waals surface area contributed by atoms with Crippen LogP contribution >= 0.6 is 0 Å². The molecule has 0 atom stereocenters. The average molecular weight is 456 g/mol. The van der Waals surface area contributed by atoms with E-state index in [-0.39, 0.29) is 28.3 Å². The summed E-state index contributed by atoms with van der Waals surface area (Å²) >= 11 is 0. The minimum absolute atomic E-state index is 0.0250. The Kier molecular flexibility index (Phi) is 5.40. The molecule has 13 nitrogen and oxygen atoms in total. The first-order valence-corrected chi connectivity index (χ1v) is 10.4. The molecule has 2 aromatic heterocycles. The molecule has 0 fully saturated rings. The van der Waals surface area contributed by atoms with E-state index in [0.717, 1.165) is 0 Å². The maximum Gasteiger partial charge on any atom is 0.341 e. The van der Waals surface area contributed by atoms with Gasteiger partial charge in [0.05, 0.1) is 34.6 Å². The highest BCUT2D eigenvalue weighted by Crippen LogP contribution is 2.25. The second-order valence-electron chi connectivity index (χ2n) is 6.40. The Morgan fingerprint density at radius 2 is 1.91 bits per heavy atom. The molecule has 0 unspecified atom stereocenters. The van der Waals surface area contributed by atoms with Crippen molar-refractivity contribution in [2.75, 3.05) is 0 Å². The molecule has 2 heterocycles. The van der Waals surface area contributed by atoms with Crippen LogP contribution in [0.15, 0.2) is 65.8 Å². The van der Waals surface area contributed by atoms with Crippen LogP contribution in [0.4, 0.5) is 5.69 Å². The molecule has 0 aliphatic rings. The van der Waals surface area contributed by atoms with Gasteiger partial charge in [-0.15, -0.1) is 0 Å². The lowest BCUT2D eigenvalue weighted by atomic mass is 10.1. The van der Waals surface area contributed by atoms with Crippen LogP contribution in [0.3, 0.4) is 0 Å². The fourth-order valence-electron chi connectivity index (χ4n) is 3.00. The maximum atomic E-state index is 11.8. The number of nitro groups is 1. The molecule has 14 heteroatoms. The summed E-state index contributed by atoms with van der Waals surface area (Å²) in [5, 5.41) is 37.1. The molecule has 2 aromatic carbocycles. The third kappa shape index (κ3) is 3.92. The minimum atomic E-state index is -4.58. The van der Waals surface area contributed by atoms with Gasteiger partial charge in [-0.3, -0.25) is 14.7 Å². The lowest BCUT2D eigenvalue weighted by Gasteiger charge is -2.04. The van der Waals surface area contributed by atoms with Crippen LogP contribution in [-0.2, 0) is 16.7 Å². The second-order valence-corrected chi connectivity index (χ2v) is 7.79. The van der Waals surface area contributed by atoms with E-state index in [1.165, 1.54) is 58.4 Å². The summed E-state index contributed by atoms with van der Waals surface area (Å²) in [7, 11) is -4.58. The zero-order valence-electron chi connectivity index (χ0n) is 16.0. The van der Waals surface area contributed by atoms with E-state index in [9.17, 15) is 28.2 Å². The van der Waals surface area contributed by atoms with Gasteiger partial charge in [0, 0.05) is 22.5 Å². The Bertz CT molecular complexity index is 1420. The Labute approximate surface area is 180 Å². The Morgan fingerprint density at radius 1 is 1.12 bits per heavy atom. The van der Waals surface area contributed by atoms with Gasteiger partial charge in [-0.05, 0) is 34.2 Å². The number of non-ortho nitro benzene ring substituents is 1. The van der Waals surface area contributed by atoms with Gasteiger partial charge in [0.15, 0.2) is 11.4 Å². The summed E-state index contributed by atoms with van der Waals surface area (Å²) in [6.45, 7) is -0.539. The fraction of sp³-hybridized carbons (Fsp3) is 0.0556. The van der Waals surface area contributed by atoms with E-state index in [1.54, 1.807) is 12.1 Å². The van der Waals surface area contributed by atoms with Gasteiger partial charge >= 0.3 is 5.82 Å². The molecule has 0 bridgehead atoms. The predicted octanol–water partition coefficient (Wildman–Crippen LogP) is 0.648. The summed E-state index contributed by atoms with van der Waals surface area (Å²) in [6.07, 6.45) is 2.77. The van der Waals surface area contributed by atoms with Crippen molar-refractivity contribution in [3.63, 3.8) is 0 Å². The van der Waals surface area contributed by atoms with Gasteiger partial charge in [0.2, 0.25) is 0 Å². The van der Waals surface area contributed by atoms with Crippen LogP contribution in [0.5, 0.6) is 0 Å². The predicted molar refractivity (Wildman–Crippen MR) is 106 cm³/mol. The van der Waals surface area contributed by atoms with Crippen molar-refractivity contribution >= 4 is 15.8 Å². The number of rotatable bonds is 6. The zero-order valence-corrected chi connectivity index (χ0v) is 16.9. The molecule has 0 saturated heterocycles. The number of nitrogens with zero attached hydrogens (tertiary/aromatic N) is 7. The Balaban J connectivity index is 1.99. The van der Waals surface area contributed by atoms with Crippen LogP contribution in [0, 0.1) is 10.1 Å². The van der Waals surface area contributed by atoms with Gasteiger partial charge in [0.25, 0.3) is 15.8 Å². The van der Waals surface area contributed by atoms with E-state index in [1.807, 2.05) is 0 Å². The lowest BCUT2D eigenvalue weighted by molar-refractivity contribution is -0.735. The molecule has 2 N–H and O–H groups in total. The molecule has 0 amide bonds. The van der Waals surface area contributed by atoms with Crippen molar-refractivity contribution in [3.8, 4) is 22.8 Å². The van der Waals surface area contributed by atoms with Gasteiger partial charge in [-0.1, -0.05) is 12.1 Å². The molecular formula is C18H14N7O6S+. The maximum absolute atomic E-state index is 11.8. The number of nitro benzene ring substituents is 1. The van der Waals surface area contributed by atoms with Crippen molar-refractivity contribution < 1.29 is 27.8 Å². The molecule has 0 saturated carbocycles. The number of benzene rings is 2. The monoisotopic (exact) mass is 456 g/mol. The molecule has 0 radical (unpaired) electrons. The van der Waals surface area contributed by atoms with Crippen molar-refractivity contribution in [1.29, 1.82) is 0 Å². The van der Waals surface area contributed by atoms with Crippen molar-refractivity contribution in [2.45, 2.75) is 11.5 Å². The molecule has 162 valence electrons. The third-order valence-electron chi connectivity index (χ3n) is 4.42. The minimum Gasteiger partial charge on any atom is -0.392 e. The SMILES string of the molecule is O=[N+]([O-])c1ccc(-[n+]2nc(-c3ccccc3S(=O)(=O)O)nn2-c2ccnnc2)c(CO)c1. The smallest absolute Gasteiger partial charge is 0.341 e. The van der Waals surface area contributed by atoms with Crippen molar-refractivity contribution in [3.05, 3.63) is 76.6 Å². The summed E-state index contributed by atoms with van der Waals surface area (Å²) in [5.74, 6) is -0.0720. The van der Waals surface area contributed by atoms with Crippen LogP contribution in [-0.4, -0.2) is 48.2 Å². The first kappa shape index (κ1) is 21.1. The van der Waals surface area contributed by atoms with E-state index in [0.29, 0.717) is 5.69 Å². The average Bonchev–Trinajstić information content (AvgIpc) is 3.23. The van der Waals surface area contributed by atoms with E-state index in [4.69, 9.17) is 0 Å². The Morgan fingerprint density at radius 3 is 2.56 bits per heavy atom. The standard InChI is InChI=1S/C18H13N7O6S/c26-11-12-9-13(25(27)28)5-6-16(12)24-22-18(21-23(24)14-7-8-19-20-10-14)15-3-1-2-4-17(15)32(29,30)31/h1-10,26H,11H2/p+1. The summed E-state index contributed by atoms with van der Waals surface area (Å²) in [4.78, 5) is 12.6. The van der Waals surface area contributed by atoms with Crippen LogP contribution in [0.2, 0.25) is 0 Å². The molecule has 32 heavy (non-hydrogen) atoms. The first-order valence-electron chi connectivity index (χ1n) is 8.92. The summed E-state index contributed by atoms with van der Waals surface area (Å²) < 4.78 is 33.3.